The molecule has 0 spiro atoms. The van der Waals surface area contributed by atoms with Crippen molar-refractivity contribution in [2.24, 2.45) is 0 Å². The summed E-state index contributed by atoms with van der Waals surface area (Å²) in [4.78, 5) is 12.2. The van der Waals surface area contributed by atoms with Gasteiger partial charge >= 0.3 is 0 Å². The van der Waals surface area contributed by atoms with E-state index in [-0.39, 0.29) is 11.8 Å². The van der Waals surface area contributed by atoms with Gasteiger partial charge in [0.1, 0.15) is 5.82 Å². The van der Waals surface area contributed by atoms with Crippen LogP contribution in [0.4, 0.5) is 5.82 Å². The lowest BCUT2D eigenvalue weighted by Crippen LogP contribution is -2.26. The Balaban J connectivity index is 1.78. The number of anilines is 1. The average molecular weight is 320 g/mol. The molecule has 7 heteroatoms. The van der Waals surface area contributed by atoms with Gasteiger partial charge in [-0.2, -0.15) is 10.2 Å². The van der Waals surface area contributed by atoms with E-state index in [1.807, 2.05) is 17.8 Å². The third-order valence-corrected chi connectivity index (χ3v) is 5.22. The number of aromatic nitrogens is 4. The first-order chi connectivity index (χ1) is 10.6. The second-order valence-electron chi connectivity index (χ2n) is 6.18. The Bertz CT molecular complexity index is 728. The summed E-state index contributed by atoms with van der Waals surface area (Å²) in [5.74, 6) is 0.690. The molecular formula is C15H18ClN5O. The maximum absolute atomic E-state index is 12.2. The predicted molar refractivity (Wildman–Crippen MR) is 83.2 cm³/mol. The minimum atomic E-state index is -0.128. The molecule has 1 atom stereocenters. The summed E-state index contributed by atoms with van der Waals surface area (Å²) in [5, 5.41) is 15.4. The van der Waals surface area contributed by atoms with E-state index in [4.69, 9.17) is 11.6 Å². The van der Waals surface area contributed by atoms with Crippen LogP contribution in [0.5, 0.6) is 0 Å². The molecule has 6 nitrogen and oxygen atoms in total. The van der Waals surface area contributed by atoms with Gasteiger partial charge < -0.3 is 5.32 Å². The number of H-pyrrole nitrogens is 1. The minimum Gasteiger partial charge on any atom is -0.311 e. The van der Waals surface area contributed by atoms with Crippen LogP contribution in [0.15, 0.2) is 6.20 Å². The number of carbonyl (C=O) groups is 1. The molecular weight excluding hydrogens is 302 g/mol. The first kappa shape index (κ1) is 13.8. The van der Waals surface area contributed by atoms with Gasteiger partial charge in [-0.1, -0.05) is 24.4 Å². The summed E-state index contributed by atoms with van der Waals surface area (Å²) in [7, 11) is 0. The van der Waals surface area contributed by atoms with Gasteiger partial charge in [0.25, 0.3) is 0 Å². The fraction of sp³-hybridized carbons (Fsp3) is 0.533. The fourth-order valence-electron chi connectivity index (χ4n) is 3.57. The van der Waals surface area contributed by atoms with Crippen molar-refractivity contribution in [2.75, 3.05) is 5.32 Å². The van der Waals surface area contributed by atoms with Crippen LogP contribution >= 0.6 is 11.6 Å². The Morgan fingerprint density at radius 3 is 2.82 bits per heavy atom. The fourth-order valence-corrected chi connectivity index (χ4v) is 3.79. The molecule has 2 aromatic rings. The van der Waals surface area contributed by atoms with Crippen LogP contribution in [0.2, 0.25) is 5.02 Å². The van der Waals surface area contributed by atoms with Gasteiger partial charge in [-0.3, -0.25) is 9.89 Å². The third-order valence-electron chi connectivity index (χ3n) is 4.75. The van der Waals surface area contributed by atoms with Gasteiger partial charge in [-0.25, -0.2) is 4.68 Å². The average Bonchev–Trinajstić information content (AvgIpc) is 3.20. The van der Waals surface area contributed by atoms with E-state index in [0.717, 1.165) is 35.6 Å². The number of nitrogens with one attached hydrogen (secondary N) is 2. The van der Waals surface area contributed by atoms with E-state index in [0.29, 0.717) is 17.5 Å². The number of halogens is 1. The van der Waals surface area contributed by atoms with Gasteiger partial charge in [-0.05, 0) is 19.8 Å². The first-order valence-electron chi connectivity index (χ1n) is 7.72. The lowest BCUT2D eigenvalue weighted by Gasteiger charge is -2.24. The molecule has 2 aliphatic rings. The summed E-state index contributed by atoms with van der Waals surface area (Å²) < 4.78 is 1.99. The maximum atomic E-state index is 12.2. The van der Waals surface area contributed by atoms with E-state index in [2.05, 4.69) is 20.6 Å². The van der Waals surface area contributed by atoms with Crippen LogP contribution in [-0.4, -0.2) is 25.9 Å². The lowest BCUT2D eigenvalue weighted by molar-refractivity contribution is -0.116. The second kappa shape index (κ2) is 5.12. The molecule has 0 saturated heterocycles. The maximum Gasteiger partial charge on any atom is 0.226 e. The molecule has 3 heterocycles. The zero-order valence-corrected chi connectivity index (χ0v) is 13.2. The smallest absolute Gasteiger partial charge is 0.226 e. The monoisotopic (exact) mass is 319 g/mol. The number of rotatable bonds is 2. The van der Waals surface area contributed by atoms with Crippen LogP contribution < -0.4 is 5.32 Å². The van der Waals surface area contributed by atoms with Gasteiger partial charge in [0.2, 0.25) is 5.91 Å². The minimum absolute atomic E-state index is 0.00559. The summed E-state index contributed by atoms with van der Waals surface area (Å²) in [6.07, 6.45) is 6.90. The molecule has 1 fully saturated rings. The van der Waals surface area contributed by atoms with Gasteiger partial charge in [-0.15, -0.1) is 0 Å². The zero-order valence-electron chi connectivity index (χ0n) is 12.4. The van der Waals surface area contributed by atoms with Crippen molar-refractivity contribution < 1.29 is 4.79 Å². The Morgan fingerprint density at radius 2 is 2.14 bits per heavy atom. The number of nitrogens with zero attached hydrogens (tertiary/aromatic N) is 3. The van der Waals surface area contributed by atoms with Crippen LogP contribution in [0.1, 0.15) is 61.0 Å². The van der Waals surface area contributed by atoms with Crippen molar-refractivity contribution in [1.82, 2.24) is 20.0 Å². The molecule has 2 N–H and O–H groups in total. The van der Waals surface area contributed by atoms with Crippen molar-refractivity contribution in [3.63, 3.8) is 0 Å². The van der Waals surface area contributed by atoms with E-state index in [1.54, 1.807) is 0 Å². The molecule has 116 valence electrons. The quantitative estimate of drug-likeness (QED) is 0.892. The predicted octanol–water partition coefficient (Wildman–Crippen LogP) is 3.16. The number of hydrogen-bond acceptors (Lipinski definition) is 3. The number of fused-ring (bicyclic) bond motifs is 1. The second-order valence-corrected chi connectivity index (χ2v) is 6.56. The Kier molecular flexibility index (Phi) is 3.22. The molecule has 1 saturated carbocycles. The standard InChI is InChI=1S/C15H18ClN5O/c1-8-13(16)14(20-19-8)10-6-12(22)18-15-11(10)7-17-21(15)9-4-2-3-5-9/h7,9-10H,2-6H2,1H3,(H,18,22)(H,19,20). The number of aryl methyl sites for hydroxylation is 1. The molecule has 0 radical (unpaired) electrons. The molecule has 2 aromatic heterocycles. The van der Waals surface area contributed by atoms with Crippen LogP contribution in [0, 0.1) is 6.92 Å². The van der Waals surface area contributed by atoms with E-state index >= 15 is 0 Å². The molecule has 1 amide bonds. The Labute approximate surface area is 133 Å². The topological polar surface area (TPSA) is 75.6 Å². The Hall–Kier alpha value is -1.82. The molecule has 1 aliphatic heterocycles. The van der Waals surface area contributed by atoms with Crippen LogP contribution in [0.3, 0.4) is 0 Å². The van der Waals surface area contributed by atoms with Crippen molar-refractivity contribution in [1.29, 1.82) is 0 Å². The summed E-state index contributed by atoms with van der Waals surface area (Å²) in [6.45, 7) is 1.88. The highest BCUT2D eigenvalue weighted by Crippen LogP contribution is 2.42. The molecule has 0 bridgehead atoms. The molecule has 22 heavy (non-hydrogen) atoms. The van der Waals surface area contributed by atoms with Crippen LogP contribution in [-0.2, 0) is 4.79 Å². The molecule has 4 rings (SSSR count). The lowest BCUT2D eigenvalue weighted by atomic mass is 9.91. The largest absolute Gasteiger partial charge is 0.311 e. The molecule has 1 aliphatic carbocycles. The number of aromatic amines is 1. The normalized spacial score (nSPS) is 21.9. The molecule has 0 aromatic carbocycles. The number of hydrogen-bond donors (Lipinski definition) is 2. The highest BCUT2D eigenvalue weighted by Gasteiger charge is 2.34. The SMILES string of the molecule is Cc1[nH]nc(C2CC(=O)Nc3c2cnn3C2CCCC2)c1Cl. The van der Waals surface area contributed by atoms with Crippen molar-refractivity contribution in [3.8, 4) is 0 Å². The van der Waals surface area contributed by atoms with E-state index < -0.39 is 0 Å². The van der Waals surface area contributed by atoms with E-state index in [9.17, 15) is 4.79 Å². The highest BCUT2D eigenvalue weighted by atomic mass is 35.5. The number of carbonyl (C=O) groups excluding carboxylic acids is 1. The van der Waals surface area contributed by atoms with Crippen LogP contribution in [0.25, 0.3) is 0 Å². The molecule has 1 unspecified atom stereocenters. The highest BCUT2D eigenvalue weighted by molar-refractivity contribution is 6.32. The Morgan fingerprint density at radius 1 is 1.36 bits per heavy atom. The van der Waals surface area contributed by atoms with Crippen molar-refractivity contribution in [3.05, 3.63) is 28.2 Å². The number of amides is 1. The third kappa shape index (κ3) is 2.05. The van der Waals surface area contributed by atoms with Crippen molar-refractivity contribution in [2.45, 2.75) is 51.0 Å². The van der Waals surface area contributed by atoms with Crippen molar-refractivity contribution >= 4 is 23.3 Å². The summed E-state index contributed by atoms with van der Waals surface area (Å²) >= 11 is 6.34. The van der Waals surface area contributed by atoms with Gasteiger partial charge in [0, 0.05) is 17.9 Å². The summed E-state index contributed by atoms with van der Waals surface area (Å²) in [6, 6.07) is 0.388. The van der Waals surface area contributed by atoms with Gasteiger partial charge in [0.05, 0.1) is 28.6 Å². The zero-order chi connectivity index (χ0) is 15.3. The van der Waals surface area contributed by atoms with Gasteiger partial charge in [0.15, 0.2) is 0 Å². The summed E-state index contributed by atoms with van der Waals surface area (Å²) in [5.41, 5.74) is 2.58. The first-order valence-corrected chi connectivity index (χ1v) is 8.10. The van der Waals surface area contributed by atoms with E-state index in [1.165, 1.54) is 12.8 Å².